The zero-order valence-electron chi connectivity index (χ0n) is 9.81. The van der Waals surface area contributed by atoms with Crippen LogP contribution in [-0.4, -0.2) is 5.91 Å². The Morgan fingerprint density at radius 3 is 2.56 bits per heavy atom. The minimum absolute atomic E-state index is 0.133. The molecule has 1 amide bonds. The van der Waals surface area contributed by atoms with Crippen molar-refractivity contribution in [1.82, 2.24) is 0 Å². The summed E-state index contributed by atoms with van der Waals surface area (Å²) in [7, 11) is 0. The second-order valence-electron chi connectivity index (χ2n) is 3.74. The van der Waals surface area contributed by atoms with E-state index in [1.165, 1.54) is 6.92 Å². The molecule has 2 rings (SSSR count). The van der Waals surface area contributed by atoms with Crippen LogP contribution in [0.25, 0.3) is 0 Å². The lowest BCUT2D eigenvalue weighted by Crippen LogP contribution is -2.06. The molecule has 4 heteroatoms. The van der Waals surface area contributed by atoms with Crippen molar-refractivity contribution < 1.29 is 9.53 Å². The average molecular weight is 306 g/mol. The molecule has 0 bridgehead atoms. The van der Waals surface area contributed by atoms with Gasteiger partial charge in [-0.05, 0) is 30.3 Å². The molecular weight excluding hydrogens is 294 g/mol. The lowest BCUT2D eigenvalue weighted by Gasteiger charge is -2.11. The Bertz CT molecular complexity index is 555. The van der Waals surface area contributed by atoms with E-state index in [1.807, 2.05) is 42.5 Å². The number of anilines is 1. The normalized spacial score (nSPS) is 9.89. The maximum atomic E-state index is 11.1. The molecule has 92 valence electrons. The molecule has 0 spiro atoms. The van der Waals surface area contributed by atoms with Crippen LogP contribution < -0.4 is 10.1 Å². The standard InChI is InChI=1S/C14H12BrNO2/c1-10(17)16-13-9-11(15)7-8-14(13)18-12-5-3-2-4-6-12/h2-9H,1H3,(H,16,17). The van der Waals surface area contributed by atoms with Crippen LogP contribution in [0.2, 0.25) is 0 Å². The number of hydrogen-bond acceptors (Lipinski definition) is 2. The quantitative estimate of drug-likeness (QED) is 0.923. The molecule has 18 heavy (non-hydrogen) atoms. The summed E-state index contributed by atoms with van der Waals surface area (Å²) in [5.41, 5.74) is 0.640. The highest BCUT2D eigenvalue weighted by Gasteiger charge is 2.07. The molecule has 0 radical (unpaired) electrons. The Labute approximate surface area is 114 Å². The van der Waals surface area contributed by atoms with Crippen LogP contribution in [0.15, 0.2) is 53.0 Å². The number of ether oxygens (including phenoxy) is 1. The van der Waals surface area contributed by atoms with Crippen molar-refractivity contribution in [1.29, 1.82) is 0 Å². The molecule has 0 saturated carbocycles. The molecule has 0 heterocycles. The number of nitrogens with one attached hydrogen (secondary N) is 1. The number of benzene rings is 2. The molecule has 0 saturated heterocycles. The fraction of sp³-hybridized carbons (Fsp3) is 0.0714. The summed E-state index contributed by atoms with van der Waals surface area (Å²) in [6.45, 7) is 1.47. The Morgan fingerprint density at radius 1 is 1.17 bits per heavy atom. The highest BCUT2D eigenvalue weighted by atomic mass is 79.9. The van der Waals surface area contributed by atoms with E-state index in [-0.39, 0.29) is 5.91 Å². The second-order valence-corrected chi connectivity index (χ2v) is 4.65. The van der Waals surface area contributed by atoms with Gasteiger partial charge in [0.25, 0.3) is 0 Å². The number of carbonyl (C=O) groups is 1. The molecule has 0 aliphatic rings. The molecule has 0 aliphatic carbocycles. The highest BCUT2D eigenvalue weighted by Crippen LogP contribution is 2.31. The van der Waals surface area contributed by atoms with Gasteiger partial charge in [0, 0.05) is 11.4 Å². The van der Waals surface area contributed by atoms with Gasteiger partial charge >= 0.3 is 0 Å². The van der Waals surface area contributed by atoms with E-state index in [1.54, 1.807) is 6.07 Å². The number of carbonyl (C=O) groups excluding carboxylic acids is 1. The summed E-state index contributed by atoms with van der Waals surface area (Å²) in [6.07, 6.45) is 0. The first-order chi connectivity index (χ1) is 8.65. The first kappa shape index (κ1) is 12.6. The van der Waals surface area contributed by atoms with Crippen molar-refractivity contribution in [3.8, 4) is 11.5 Å². The second kappa shape index (κ2) is 5.69. The van der Waals surface area contributed by atoms with Crippen LogP contribution in [0.3, 0.4) is 0 Å². The smallest absolute Gasteiger partial charge is 0.221 e. The number of rotatable bonds is 3. The Balaban J connectivity index is 2.29. The van der Waals surface area contributed by atoms with Crippen molar-refractivity contribution in [3.05, 3.63) is 53.0 Å². The summed E-state index contributed by atoms with van der Waals surface area (Å²) in [5.74, 6) is 1.21. The van der Waals surface area contributed by atoms with E-state index in [2.05, 4.69) is 21.2 Å². The van der Waals surface area contributed by atoms with Gasteiger partial charge in [-0.1, -0.05) is 34.1 Å². The van der Waals surface area contributed by atoms with Crippen LogP contribution in [0.5, 0.6) is 11.5 Å². The third-order valence-corrected chi connectivity index (χ3v) is 2.72. The minimum atomic E-state index is -0.133. The van der Waals surface area contributed by atoms with E-state index in [9.17, 15) is 4.79 Å². The van der Waals surface area contributed by atoms with Gasteiger partial charge in [-0.2, -0.15) is 0 Å². The van der Waals surface area contributed by atoms with Crippen molar-refractivity contribution in [3.63, 3.8) is 0 Å². The van der Waals surface area contributed by atoms with E-state index < -0.39 is 0 Å². The van der Waals surface area contributed by atoms with Gasteiger partial charge in [0.05, 0.1) is 5.69 Å². The Hall–Kier alpha value is -1.81. The van der Waals surface area contributed by atoms with Gasteiger partial charge in [-0.25, -0.2) is 0 Å². The molecule has 2 aromatic rings. The summed E-state index contributed by atoms with van der Waals surface area (Å²) in [5, 5.41) is 2.74. The van der Waals surface area contributed by atoms with Gasteiger partial charge in [-0.15, -0.1) is 0 Å². The van der Waals surface area contributed by atoms with Crippen molar-refractivity contribution in [2.75, 3.05) is 5.32 Å². The van der Waals surface area contributed by atoms with E-state index in [0.717, 1.165) is 10.2 Å². The number of hydrogen-bond donors (Lipinski definition) is 1. The first-order valence-corrected chi connectivity index (χ1v) is 6.24. The number of para-hydroxylation sites is 1. The van der Waals surface area contributed by atoms with Gasteiger partial charge in [0.2, 0.25) is 5.91 Å². The lowest BCUT2D eigenvalue weighted by molar-refractivity contribution is -0.114. The van der Waals surface area contributed by atoms with E-state index in [0.29, 0.717) is 11.4 Å². The molecule has 0 aliphatic heterocycles. The highest BCUT2D eigenvalue weighted by molar-refractivity contribution is 9.10. The largest absolute Gasteiger partial charge is 0.455 e. The Morgan fingerprint density at radius 2 is 1.89 bits per heavy atom. The zero-order valence-corrected chi connectivity index (χ0v) is 11.4. The molecular formula is C14H12BrNO2. The summed E-state index contributed by atoms with van der Waals surface area (Å²) in [6, 6.07) is 14.9. The minimum Gasteiger partial charge on any atom is -0.455 e. The van der Waals surface area contributed by atoms with E-state index in [4.69, 9.17) is 4.74 Å². The SMILES string of the molecule is CC(=O)Nc1cc(Br)ccc1Oc1ccccc1. The van der Waals surface area contributed by atoms with Gasteiger partial charge in [0.15, 0.2) is 5.75 Å². The predicted octanol–water partition coefficient (Wildman–Crippen LogP) is 4.20. The maximum Gasteiger partial charge on any atom is 0.221 e. The summed E-state index contributed by atoms with van der Waals surface area (Å²) >= 11 is 3.36. The van der Waals surface area contributed by atoms with Crippen LogP contribution in [0.4, 0.5) is 5.69 Å². The molecule has 1 N–H and O–H groups in total. The van der Waals surface area contributed by atoms with Crippen LogP contribution in [0.1, 0.15) is 6.92 Å². The first-order valence-electron chi connectivity index (χ1n) is 5.45. The van der Waals surface area contributed by atoms with Gasteiger partial charge < -0.3 is 10.1 Å². The fourth-order valence-electron chi connectivity index (χ4n) is 1.49. The van der Waals surface area contributed by atoms with Crippen LogP contribution in [-0.2, 0) is 4.79 Å². The zero-order chi connectivity index (χ0) is 13.0. The molecule has 0 unspecified atom stereocenters. The van der Waals surface area contributed by atoms with Crippen LogP contribution in [0, 0.1) is 0 Å². The van der Waals surface area contributed by atoms with Crippen molar-refractivity contribution >= 4 is 27.5 Å². The van der Waals surface area contributed by atoms with Crippen LogP contribution >= 0.6 is 15.9 Å². The topological polar surface area (TPSA) is 38.3 Å². The summed E-state index contributed by atoms with van der Waals surface area (Å²) < 4.78 is 6.61. The van der Waals surface area contributed by atoms with Gasteiger partial charge in [-0.3, -0.25) is 4.79 Å². The van der Waals surface area contributed by atoms with Crippen molar-refractivity contribution in [2.45, 2.75) is 6.92 Å². The third kappa shape index (κ3) is 3.34. The van der Waals surface area contributed by atoms with Crippen molar-refractivity contribution in [2.24, 2.45) is 0 Å². The molecule has 0 atom stereocenters. The number of amides is 1. The third-order valence-electron chi connectivity index (χ3n) is 2.22. The lowest BCUT2D eigenvalue weighted by atomic mass is 10.3. The monoisotopic (exact) mass is 305 g/mol. The van der Waals surface area contributed by atoms with Gasteiger partial charge in [0.1, 0.15) is 5.75 Å². The summed E-state index contributed by atoms with van der Waals surface area (Å²) in [4.78, 5) is 11.1. The van der Waals surface area contributed by atoms with E-state index >= 15 is 0 Å². The molecule has 0 aromatic heterocycles. The number of halogens is 1. The fourth-order valence-corrected chi connectivity index (χ4v) is 1.86. The Kier molecular flexibility index (Phi) is 3.99. The predicted molar refractivity (Wildman–Crippen MR) is 75.0 cm³/mol. The maximum absolute atomic E-state index is 11.1. The molecule has 0 fully saturated rings. The molecule has 2 aromatic carbocycles. The molecule has 3 nitrogen and oxygen atoms in total. The average Bonchev–Trinajstić information content (AvgIpc) is 2.33.